The quantitative estimate of drug-likeness (QED) is 0.402. The predicted molar refractivity (Wildman–Crippen MR) is 116 cm³/mol. The molecule has 4 nitrogen and oxygen atoms in total. The van der Waals surface area contributed by atoms with Gasteiger partial charge in [-0.1, -0.05) is 18.2 Å². The third-order valence-corrected chi connectivity index (χ3v) is 5.07. The minimum Gasteiger partial charge on any atom is -0.340 e. The first-order valence-electron chi connectivity index (χ1n) is 9.88. The van der Waals surface area contributed by atoms with Gasteiger partial charge in [-0.05, 0) is 55.0 Å². The average molecular weight is 412 g/mol. The van der Waals surface area contributed by atoms with Crippen LogP contribution < -0.4 is 0 Å². The Morgan fingerprint density at radius 1 is 0.871 bits per heavy atom. The third kappa shape index (κ3) is 3.92. The highest BCUT2D eigenvalue weighted by Crippen LogP contribution is 2.31. The van der Waals surface area contributed by atoms with E-state index in [0.717, 1.165) is 45.3 Å². The smallest absolute Gasteiger partial charge is 0.126 e. The molecule has 3 aromatic heterocycles. The van der Waals surface area contributed by atoms with E-state index in [4.69, 9.17) is 4.98 Å². The number of hydrogen-bond acceptors (Lipinski definition) is 3. The second kappa shape index (κ2) is 7.72. The van der Waals surface area contributed by atoms with E-state index >= 15 is 0 Å². The molecule has 5 rings (SSSR count). The number of benzene rings is 2. The first-order chi connectivity index (χ1) is 15.0. The van der Waals surface area contributed by atoms with Gasteiger partial charge in [-0.3, -0.25) is 9.97 Å². The minimum absolute atomic E-state index is 0.267. The SMILES string of the molecule is Cc1cccc(-c2[nH]c(Cc3cc(F)cc(F)c3)nc2-c2ccc3ncccc3c2)n1. The summed E-state index contributed by atoms with van der Waals surface area (Å²) < 4.78 is 27.3. The maximum absolute atomic E-state index is 13.7. The van der Waals surface area contributed by atoms with Gasteiger partial charge >= 0.3 is 0 Å². The summed E-state index contributed by atoms with van der Waals surface area (Å²) in [6.07, 6.45) is 2.03. The molecule has 0 aliphatic carbocycles. The summed E-state index contributed by atoms with van der Waals surface area (Å²) in [5, 5.41) is 1.000. The van der Waals surface area contributed by atoms with Crippen LogP contribution in [0.3, 0.4) is 0 Å². The Morgan fingerprint density at radius 3 is 2.52 bits per heavy atom. The zero-order valence-corrected chi connectivity index (χ0v) is 16.7. The normalized spacial score (nSPS) is 11.2. The van der Waals surface area contributed by atoms with Crippen molar-refractivity contribution in [2.75, 3.05) is 0 Å². The van der Waals surface area contributed by atoms with Crippen molar-refractivity contribution in [3.8, 4) is 22.6 Å². The number of hydrogen-bond donors (Lipinski definition) is 1. The molecule has 0 aliphatic heterocycles. The molecule has 0 fully saturated rings. The van der Waals surface area contributed by atoms with E-state index < -0.39 is 11.6 Å². The molecular formula is C25H18F2N4. The van der Waals surface area contributed by atoms with E-state index in [9.17, 15) is 8.78 Å². The molecule has 2 aromatic carbocycles. The largest absolute Gasteiger partial charge is 0.340 e. The first-order valence-corrected chi connectivity index (χ1v) is 9.88. The monoisotopic (exact) mass is 412 g/mol. The Bertz CT molecular complexity index is 1390. The zero-order chi connectivity index (χ0) is 21.4. The van der Waals surface area contributed by atoms with E-state index in [1.807, 2.05) is 55.5 Å². The summed E-state index contributed by atoms with van der Waals surface area (Å²) in [5.74, 6) is -0.613. The minimum atomic E-state index is -0.607. The molecule has 5 aromatic rings. The van der Waals surface area contributed by atoms with E-state index in [1.165, 1.54) is 12.1 Å². The van der Waals surface area contributed by atoms with Crippen LogP contribution >= 0.6 is 0 Å². The van der Waals surface area contributed by atoms with Gasteiger partial charge in [0.15, 0.2) is 0 Å². The van der Waals surface area contributed by atoms with Crippen LogP contribution in [0.25, 0.3) is 33.5 Å². The Kier molecular flexibility index (Phi) is 4.75. The molecule has 0 bridgehead atoms. The lowest BCUT2D eigenvalue weighted by Crippen LogP contribution is -1.94. The summed E-state index contributed by atoms with van der Waals surface area (Å²) in [6, 6.07) is 19.1. The Morgan fingerprint density at radius 2 is 1.71 bits per heavy atom. The van der Waals surface area contributed by atoms with Crippen molar-refractivity contribution < 1.29 is 8.78 Å². The number of aromatic amines is 1. The van der Waals surface area contributed by atoms with E-state index in [2.05, 4.69) is 15.0 Å². The fraction of sp³-hybridized carbons (Fsp3) is 0.0800. The number of pyridine rings is 2. The van der Waals surface area contributed by atoms with Crippen LogP contribution in [-0.4, -0.2) is 19.9 Å². The summed E-state index contributed by atoms with van der Waals surface area (Å²) >= 11 is 0. The number of fused-ring (bicyclic) bond motifs is 1. The van der Waals surface area contributed by atoms with Gasteiger partial charge in [-0.2, -0.15) is 0 Å². The average Bonchev–Trinajstić information content (AvgIpc) is 3.16. The molecule has 31 heavy (non-hydrogen) atoms. The molecular weight excluding hydrogens is 394 g/mol. The Labute approximate surface area is 177 Å². The molecule has 0 amide bonds. The first kappa shape index (κ1) is 19.1. The maximum Gasteiger partial charge on any atom is 0.126 e. The molecule has 0 unspecified atom stereocenters. The van der Waals surface area contributed by atoms with Crippen molar-refractivity contribution >= 4 is 10.9 Å². The Hall–Kier alpha value is -3.93. The van der Waals surface area contributed by atoms with Crippen molar-refractivity contribution in [3.05, 3.63) is 102 Å². The highest BCUT2D eigenvalue weighted by atomic mass is 19.1. The molecule has 0 saturated heterocycles. The number of aryl methyl sites for hydroxylation is 1. The van der Waals surface area contributed by atoms with Crippen LogP contribution in [-0.2, 0) is 6.42 Å². The van der Waals surface area contributed by atoms with Crippen LogP contribution in [0.15, 0.2) is 72.9 Å². The fourth-order valence-electron chi connectivity index (χ4n) is 3.71. The van der Waals surface area contributed by atoms with Crippen molar-refractivity contribution in [1.29, 1.82) is 0 Å². The van der Waals surface area contributed by atoms with Gasteiger partial charge < -0.3 is 4.98 Å². The van der Waals surface area contributed by atoms with Gasteiger partial charge in [0.05, 0.1) is 22.6 Å². The lowest BCUT2D eigenvalue weighted by atomic mass is 10.1. The number of rotatable bonds is 4. The number of halogens is 2. The van der Waals surface area contributed by atoms with Gasteiger partial charge in [-0.15, -0.1) is 0 Å². The highest BCUT2D eigenvalue weighted by molar-refractivity contribution is 5.86. The molecule has 0 saturated carbocycles. The van der Waals surface area contributed by atoms with Crippen molar-refractivity contribution in [3.63, 3.8) is 0 Å². The molecule has 6 heteroatoms. The van der Waals surface area contributed by atoms with Gasteiger partial charge in [0.25, 0.3) is 0 Å². The lowest BCUT2D eigenvalue weighted by molar-refractivity contribution is 0.580. The van der Waals surface area contributed by atoms with E-state index in [1.54, 1.807) is 6.20 Å². The Balaban J connectivity index is 1.64. The van der Waals surface area contributed by atoms with Crippen molar-refractivity contribution in [1.82, 2.24) is 19.9 Å². The van der Waals surface area contributed by atoms with Crippen LogP contribution in [0.5, 0.6) is 0 Å². The second-order valence-corrected chi connectivity index (χ2v) is 7.44. The van der Waals surface area contributed by atoms with Gasteiger partial charge in [0, 0.05) is 35.3 Å². The van der Waals surface area contributed by atoms with Gasteiger partial charge in [-0.25, -0.2) is 13.8 Å². The van der Waals surface area contributed by atoms with Crippen LogP contribution in [0.2, 0.25) is 0 Å². The fourth-order valence-corrected chi connectivity index (χ4v) is 3.71. The van der Waals surface area contributed by atoms with Crippen molar-refractivity contribution in [2.24, 2.45) is 0 Å². The molecule has 3 heterocycles. The third-order valence-electron chi connectivity index (χ3n) is 5.07. The summed E-state index contributed by atoms with van der Waals surface area (Å²) in [7, 11) is 0. The number of nitrogens with one attached hydrogen (secondary N) is 1. The molecule has 152 valence electrons. The standard InChI is InChI=1S/C25H18F2N4/c1-15-4-2-6-22(29-15)25-24(18-7-8-21-17(13-18)5-3-9-28-21)30-23(31-25)12-16-10-19(26)14-20(27)11-16/h2-11,13-14H,12H2,1H3,(H,30,31). The number of aromatic nitrogens is 4. The number of nitrogens with zero attached hydrogens (tertiary/aromatic N) is 3. The number of imidazole rings is 1. The summed E-state index contributed by atoms with van der Waals surface area (Å²) in [6.45, 7) is 1.93. The highest BCUT2D eigenvalue weighted by Gasteiger charge is 2.17. The number of H-pyrrole nitrogens is 1. The molecule has 1 N–H and O–H groups in total. The predicted octanol–water partition coefficient (Wildman–Crippen LogP) is 5.86. The lowest BCUT2D eigenvalue weighted by Gasteiger charge is -2.05. The summed E-state index contributed by atoms with van der Waals surface area (Å²) in [5.41, 5.74) is 5.44. The molecule has 0 atom stereocenters. The van der Waals surface area contributed by atoms with Gasteiger partial charge in [0.2, 0.25) is 0 Å². The van der Waals surface area contributed by atoms with Crippen molar-refractivity contribution in [2.45, 2.75) is 13.3 Å². The maximum atomic E-state index is 13.7. The van der Waals surface area contributed by atoms with E-state index in [-0.39, 0.29) is 6.42 Å². The topological polar surface area (TPSA) is 54.5 Å². The van der Waals surface area contributed by atoms with Crippen LogP contribution in [0, 0.1) is 18.6 Å². The van der Waals surface area contributed by atoms with E-state index in [0.29, 0.717) is 11.4 Å². The molecule has 0 radical (unpaired) electrons. The second-order valence-electron chi connectivity index (χ2n) is 7.44. The van der Waals surface area contributed by atoms with Crippen LogP contribution in [0.1, 0.15) is 17.1 Å². The van der Waals surface area contributed by atoms with Crippen LogP contribution in [0.4, 0.5) is 8.78 Å². The molecule has 0 spiro atoms. The zero-order valence-electron chi connectivity index (χ0n) is 16.7. The van der Waals surface area contributed by atoms with Gasteiger partial charge in [0.1, 0.15) is 17.5 Å². The molecule has 0 aliphatic rings. The summed E-state index contributed by atoms with van der Waals surface area (Å²) in [4.78, 5) is 17.1.